The number of esters is 2. The first-order chi connectivity index (χ1) is 22.9. The van der Waals surface area contributed by atoms with Gasteiger partial charge >= 0.3 is 11.9 Å². The van der Waals surface area contributed by atoms with Gasteiger partial charge in [-0.1, -0.05) is 60.7 Å². The van der Waals surface area contributed by atoms with Gasteiger partial charge in [0.2, 0.25) is 11.8 Å². The first-order valence-corrected chi connectivity index (χ1v) is 16.3. The zero-order chi connectivity index (χ0) is 35.1. The van der Waals surface area contributed by atoms with Crippen LogP contribution >= 0.6 is 0 Å². The molecular weight excluding hydrogens is 610 g/mol. The summed E-state index contributed by atoms with van der Waals surface area (Å²) >= 11 is 0. The highest BCUT2D eigenvalue weighted by Crippen LogP contribution is 2.22. The molecule has 1 aromatic heterocycles. The van der Waals surface area contributed by atoms with Crippen molar-refractivity contribution in [2.75, 3.05) is 19.8 Å². The van der Waals surface area contributed by atoms with Crippen LogP contribution in [0.3, 0.4) is 0 Å². The summed E-state index contributed by atoms with van der Waals surface area (Å²) in [5.41, 5.74) is 2.05. The minimum atomic E-state index is -0.796. The maximum atomic E-state index is 13.8. The quantitative estimate of drug-likeness (QED) is 0.118. The Kier molecular flexibility index (Phi) is 14.6. The van der Waals surface area contributed by atoms with Crippen LogP contribution in [0.2, 0.25) is 0 Å². The molecule has 0 aliphatic rings. The Morgan fingerprint density at radius 3 is 2.29 bits per heavy atom. The van der Waals surface area contributed by atoms with Gasteiger partial charge in [0, 0.05) is 36.6 Å². The topological polar surface area (TPSA) is 138 Å². The number of allylic oxidation sites excluding steroid dienone is 2. The molecule has 0 bridgehead atoms. The minimum Gasteiger partial charge on any atom is -0.463 e. The molecule has 3 atom stereocenters. The summed E-state index contributed by atoms with van der Waals surface area (Å²) < 4.78 is 11.1. The molecular formula is C38H49N3O7. The minimum absolute atomic E-state index is 0.0957. The summed E-state index contributed by atoms with van der Waals surface area (Å²) in [7, 11) is 0. The molecule has 0 radical (unpaired) electrons. The largest absolute Gasteiger partial charge is 0.463 e. The molecule has 0 saturated carbocycles. The molecule has 10 heteroatoms. The summed E-state index contributed by atoms with van der Waals surface area (Å²) in [6.45, 7) is 12.8. The van der Waals surface area contributed by atoms with Gasteiger partial charge in [0.05, 0.1) is 30.9 Å². The zero-order valence-electron chi connectivity index (χ0n) is 28.3. The van der Waals surface area contributed by atoms with Crippen molar-refractivity contribution in [2.45, 2.75) is 71.1 Å². The van der Waals surface area contributed by atoms with Crippen molar-refractivity contribution in [3.8, 4) is 0 Å². The fraction of sp³-hybridized carbons (Fsp3) is 0.421. The maximum absolute atomic E-state index is 13.8. The maximum Gasteiger partial charge on any atom is 0.309 e. The number of hydrogen-bond donors (Lipinski definition) is 3. The average Bonchev–Trinajstić information content (AvgIpc) is 3.45. The highest BCUT2D eigenvalue weighted by Gasteiger charge is 2.29. The third-order valence-electron chi connectivity index (χ3n) is 7.71. The van der Waals surface area contributed by atoms with E-state index in [0.29, 0.717) is 13.0 Å². The standard InChI is InChI=1S/C38H49N3O7/c1-6-13-28(22-34(43)41(19-20-42)25-27-15-9-8-10-16-27)36(45)40-31(21-30-24-39-33-18-12-11-17-32(30)33)26-47-37(46)29(14-7-2)23-35(44)48-38(3,4)5/h6-12,15-18,24,28-29,31,39,42H,1-2,13-14,19-23,25-26H2,3-5H3,(H,40,45)/t28-,29-,31-/m0/s1. The Hall–Kier alpha value is -4.70. The number of hydrogen-bond acceptors (Lipinski definition) is 7. The number of fused-ring (bicyclic) bond motifs is 1. The normalized spacial score (nSPS) is 13.2. The number of ether oxygens (including phenoxy) is 2. The Morgan fingerprint density at radius 1 is 0.958 bits per heavy atom. The summed E-state index contributed by atoms with van der Waals surface area (Å²) in [6, 6.07) is 16.5. The number of aromatic amines is 1. The van der Waals surface area contributed by atoms with Crippen LogP contribution in [0.1, 0.15) is 57.6 Å². The van der Waals surface area contributed by atoms with Crippen LogP contribution in [-0.2, 0) is 41.6 Å². The lowest BCUT2D eigenvalue weighted by atomic mass is 9.97. The first-order valence-electron chi connectivity index (χ1n) is 16.3. The number of amides is 2. The van der Waals surface area contributed by atoms with Crippen molar-refractivity contribution >= 4 is 34.7 Å². The number of rotatable bonds is 19. The lowest BCUT2D eigenvalue weighted by Gasteiger charge is -2.26. The second kappa shape index (κ2) is 18.6. The van der Waals surface area contributed by atoms with Crippen molar-refractivity contribution in [1.29, 1.82) is 0 Å². The number of carbonyl (C=O) groups excluding carboxylic acids is 4. The van der Waals surface area contributed by atoms with Crippen molar-refractivity contribution in [3.05, 3.63) is 97.2 Å². The number of carbonyl (C=O) groups is 4. The van der Waals surface area contributed by atoms with Gasteiger partial charge in [-0.2, -0.15) is 0 Å². The van der Waals surface area contributed by atoms with Gasteiger partial charge < -0.3 is 29.8 Å². The van der Waals surface area contributed by atoms with Gasteiger partial charge in [0.1, 0.15) is 12.2 Å². The van der Waals surface area contributed by atoms with E-state index in [2.05, 4.69) is 23.5 Å². The molecule has 3 aromatic rings. The van der Waals surface area contributed by atoms with Gasteiger partial charge in [-0.25, -0.2) is 0 Å². The van der Waals surface area contributed by atoms with Gasteiger partial charge in [-0.15, -0.1) is 13.2 Å². The third-order valence-corrected chi connectivity index (χ3v) is 7.71. The number of benzene rings is 2. The van der Waals surface area contributed by atoms with Crippen LogP contribution in [0, 0.1) is 11.8 Å². The van der Waals surface area contributed by atoms with Gasteiger partial charge in [0.25, 0.3) is 0 Å². The number of nitrogens with zero attached hydrogens (tertiary/aromatic N) is 1. The predicted octanol–water partition coefficient (Wildman–Crippen LogP) is 5.27. The van der Waals surface area contributed by atoms with Gasteiger partial charge in [0.15, 0.2) is 0 Å². The molecule has 48 heavy (non-hydrogen) atoms. The highest BCUT2D eigenvalue weighted by atomic mass is 16.6. The van der Waals surface area contributed by atoms with E-state index in [-0.39, 0.29) is 57.3 Å². The van der Waals surface area contributed by atoms with Crippen molar-refractivity contribution in [1.82, 2.24) is 15.2 Å². The lowest BCUT2D eigenvalue weighted by molar-refractivity contribution is -0.161. The molecule has 0 saturated heterocycles. The van der Waals surface area contributed by atoms with Crippen molar-refractivity contribution in [3.63, 3.8) is 0 Å². The van der Waals surface area contributed by atoms with E-state index < -0.39 is 35.4 Å². The molecule has 3 rings (SSSR count). The molecule has 258 valence electrons. The fourth-order valence-electron chi connectivity index (χ4n) is 5.43. The smallest absolute Gasteiger partial charge is 0.309 e. The molecule has 0 fully saturated rings. The number of aliphatic hydroxyl groups excluding tert-OH is 1. The van der Waals surface area contributed by atoms with E-state index >= 15 is 0 Å². The SMILES string of the molecule is C=CC[C@@H](CC(=O)N(CCO)Cc1ccccc1)C(=O)N[C@H](COC(=O)[C@@H](CC=C)CC(=O)OC(C)(C)C)Cc1c[nH]c2ccccc12. The molecule has 0 aliphatic heterocycles. The number of nitrogens with one attached hydrogen (secondary N) is 2. The van der Waals surface area contributed by atoms with Gasteiger partial charge in [-0.05, 0) is 57.2 Å². The van der Waals surface area contributed by atoms with Crippen LogP contribution in [-0.4, -0.2) is 70.1 Å². The molecule has 0 aliphatic carbocycles. The number of aromatic nitrogens is 1. The highest BCUT2D eigenvalue weighted by molar-refractivity contribution is 5.87. The third kappa shape index (κ3) is 12.2. The van der Waals surface area contributed by atoms with Crippen LogP contribution in [0.4, 0.5) is 0 Å². The zero-order valence-corrected chi connectivity index (χ0v) is 28.3. The second-order valence-electron chi connectivity index (χ2n) is 12.9. The van der Waals surface area contributed by atoms with E-state index in [4.69, 9.17) is 9.47 Å². The first kappa shape index (κ1) is 37.8. The van der Waals surface area contributed by atoms with Crippen molar-refractivity contribution in [2.24, 2.45) is 11.8 Å². The Morgan fingerprint density at radius 2 is 1.62 bits per heavy atom. The fourth-order valence-corrected chi connectivity index (χ4v) is 5.43. The van der Waals surface area contributed by atoms with E-state index in [1.807, 2.05) is 60.8 Å². The molecule has 0 spiro atoms. The molecule has 3 N–H and O–H groups in total. The molecule has 0 unspecified atom stereocenters. The predicted molar refractivity (Wildman–Crippen MR) is 186 cm³/mol. The van der Waals surface area contributed by atoms with E-state index in [0.717, 1.165) is 22.0 Å². The Balaban J connectivity index is 1.77. The van der Waals surface area contributed by atoms with Crippen LogP contribution in [0.5, 0.6) is 0 Å². The number of para-hydroxylation sites is 1. The average molecular weight is 660 g/mol. The van der Waals surface area contributed by atoms with E-state index in [9.17, 15) is 24.3 Å². The van der Waals surface area contributed by atoms with Gasteiger partial charge in [-0.3, -0.25) is 19.2 Å². The molecule has 10 nitrogen and oxygen atoms in total. The number of aliphatic hydroxyl groups is 1. The number of H-pyrrole nitrogens is 1. The molecule has 2 aromatic carbocycles. The van der Waals surface area contributed by atoms with Crippen LogP contribution in [0.25, 0.3) is 10.9 Å². The Bertz CT molecular complexity index is 1530. The van der Waals surface area contributed by atoms with Crippen molar-refractivity contribution < 1.29 is 33.8 Å². The van der Waals surface area contributed by atoms with Crippen LogP contribution < -0.4 is 5.32 Å². The summed E-state index contributed by atoms with van der Waals surface area (Å²) in [6.07, 6.45) is 5.53. The Labute approximate surface area is 283 Å². The summed E-state index contributed by atoms with van der Waals surface area (Å²) in [5.74, 6) is -3.32. The second-order valence-corrected chi connectivity index (χ2v) is 12.9. The van der Waals surface area contributed by atoms with E-state index in [1.165, 1.54) is 4.90 Å². The lowest BCUT2D eigenvalue weighted by Crippen LogP contribution is -2.45. The van der Waals surface area contributed by atoms with E-state index in [1.54, 1.807) is 32.9 Å². The van der Waals surface area contributed by atoms with Crippen LogP contribution in [0.15, 0.2) is 86.1 Å². The summed E-state index contributed by atoms with van der Waals surface area (Å²) in [5, 5.41) is 13.6. The monoisotopic (exact) mass is 659 g/mol. The molecule has 2 amide bonds. The molecule has 1 heterocycles. The summed E-state index contributed by atoms with van der Waals surface area (Å²) in [4.78, 5) is 57.7.